The van der Waals surface area contributed by atoms with Gasteiger partial charge in [-0.2, -0.15) is 15.0 Å². The van der Waals surface area contributed by atoms with Gasteiger partial charge < -0.3 is 16.4 Å². The maximum atomic E-state index is 12.9. The molecule has 0 aliphatic heterocycles. The van der Waals surface area contributed by atoms with Crippen LogP contribution in [0.2, 0.25) is 0 Å². The third-order valence-corrected chi connectivity index (χ3v) is 3.30. The van der Waals surface area contributed by atoms with Crippen LogP contribution in [-0.4, -0.2) is 15.0 Å². The largest absolute Gasteiger partial charge is 0.378 e. The van der Waals surface area contributed by atoms with Gasteiger partial charge in [0.2, 0.25) is 11.9 Å². The molecule has 0 atom stereocenters. The van der Waals surface area contributed by atoms with Gasteiger partial charge in [0.1, 0.15) is 5.82 Å². The fourth-order valence-corrected chi connectivity index (χ4v) is 2.09. The Morgan fingerprint density at radius 1 is 0.917 bits per heavy atom. The van der Waals surface area contributed by atoms with Gasteiger partial charge in [0, 0.05) is 11.4 Å². The maximum Gasteiger partial charge on any atom is 0.232 e. The Bertz CT molecular complexity index is 817. The number of anilines is 4. The fourth-order valence-electron chi connectivity index (χ4n) is 2.09. The second-order valence-electron chi connectivity index (χ2n) is 5.28. The molecule has 122 valence electrons. The average Bonchev–Trinajstić information content (AvgIpc) is 2.56. The summed E-state index contributed by atoms with van der Waals surface area (Å²) in [6.07, 6.45) is 0. The maximum absolute atomic E-state index is 12.9. The number of aryl methyl sites for hydroxylation is 1. The van der Waals surface area contributed by atoms with Crippen molar-refractivity contribution in [2.45, 2.75) is 13.5 Å². The topological polar surface area (TPSA) is 88.8 Å². The van der Waals surface area contributed by atoms with Crippen molar-refractivity contribution >= 4 is 23.3 Å². The molecule has 24 heavy (non-hydrogen) atoms. The lowest BCUT2D eigenvalue weighted by Gasteiger charge is -2.09. The Morgan fingerprint density at radius 2 is 1.58 bits per heavy atom. The molecule has 0 spiro atoms. The molecule has 1 heterocycles. The van der Waals surface area contributed by atoms with E-state index in [4.69, 9.17) is 5.73 Å². The zero-order chi connectivity index (χ0) is 16.9. The number of benzene rings is 2. The molecular formula is C17H17FN6. The number of halogens is 1. The highest BCUT2D eigenvalue weighted by atomic mass is 19.1. The summed E-state index contributed by atoms with van der Waals surface area (Å²) in [5.74, 6) is 0.716. The first-order valence-corrected chi connectivity index (χ1v) is 7.42. The van der Waals surface area contributed by atoms with Gasteiger partial charge in [-0.25, -0.2) is 4.39 Å². The van der Waals surface area contributed by atoms with Gasteiger partial charge in [-0.1, -0.05) is 17.7 Å². The molecule has 3 aromatic rings. The summed E-state index contributed by atoms with van der Waals surface area (Å²) in [4.78, 5) is 12.5. The molecule has 6 nitrogen and oxygen atoms in total. The van der Waals surface area contributed by atoms with Crippen LogP contribution >= 0.6 is 0 Å². The number of nitrogens with zero attached hydrogens (tertiary/aromatic N) is 3. The van der Waals surface area contributed by atoms with Crippen molar-refractivity contribution < 1.29 is 4.39 Å². The highest BCUT2D eigenvalue weighted by Crippen LogP contribution is 2.15. The Morgan fingerprint density at radius 3 is 2.29 bits per heavy atom. The van der Waals surface area contributed by atoms with E-state index in [1.54, 1.807) is 12.1 Å². The number of nitrogens with two attached hydrogens (primary N) is 1. The summed E-state index contributed by atoms with van der Waals surface area (Å²) in [6, 6.07) is 13.9. The minimum Gasteiger partial charge on any atom is -0.378 e. The molecule has 0 bridgehead atoms. The van der Waals surface area contributed by atoms with Crippen LogP contribution < -0.4 is 16.4 Å². The van der Waals surface area contributed by atoms with Gasteiger partial charge in [0.25, 0.3) is 0 Å². The summed E-state index contributed by atoms with van der Waals surface area (Å²) < 4.78 is 12.9. The lowest BCUT2D eigenvalue weighted by molar-refractivity contribution is 0.628. The first-order valence-electron chi connectivity index (χ1n) is 7.42. The summed E-state index contributed by atoms with van der Waals surface area (Å²) in [5, 5.41) is 6.21. The Hall–Kier alpha value is -3.22. The first-order chi connectivity index (χ1) is 11.6. The van der Waals surface area contributed by atoms with Crippen molar-refractivity contribution in [3.05, 3.63) is 65.7 Å². The van der Waals surface area contributed by atoms with Gasteiger partial charge >= 0.3 is 0 Å². The van der Waals surface area contributed by atoms with E-state index in [1.807, 2.05) is 31.2 Å². The van der Waals surface area contributed by atoms with Crippen molar-refractivity contribution in [2.75, 3.05) is 16.4 Å². The van der Waals surface area contributed by atoms with E-state index in [0.717, 1.165) is 11.4 Å². The van der Waals surface area contributed by atoms with E-state index < -0.39 is 0 Å². The molecule has 0 aliphatic rings. The van der Waals surface area contributed by atoms with Crippen LogP contribution in [0.25, 0.3) is 0 Å². The lowest BCUT2D eigenvalue weighted by atomic mass is 10.2. The van der Waals surface area contributed by atoms with Crippen molar-refractivity contribution in [1.82, 2.24) is 15.0 Å². The molecule has 2 aromatic carbocycles. The SMILES string of the molecule is Cc1ccc(Nc2nc(N)nc(CNc3ccc(F)cc3)n2)cc1. The van der Waals surface area contributed by atoms with Crippen molar-refractivity contribution in [3.63, 3.8) is 0 Å². The Kier molecular flexibility index (Phi) is 4.51. The molecule has 3 rings (SSSR count). The molecule has 1 aromatic heterocycles. The van der Waals surface area contributed by atoms with Gasteiger partial charge in [-0.15, -0.1) is 0 Å². The van der Waals surface area contributed by atoms with Crippen molar-refractivity contribution in [1.29, 1.82) is 0 Å². The number of nitrogen functional groups attached to an aromatic ring is 1. The molecule has 0 unspecified atom stereocenters. The third-order valence-electron chi connectivity index (χ3n) is 3.30. The molecule has 0 saturated carbocycles. The number of hydrogen-bond acceptors (Lipinski definition) is 6. The highest BCUT2D eigenvalue weighted by molar-refractivity contribution is 5.54. The third kappa shape index (κ3) is 4.16. The normalized spacial score (nSPS) is 10.4. The van der Waals surface area contributed by atoms with Crippen LogP contribution in [0, 0.1) is 12.7 Å². The number of rotatable bonds is 5. The van der Waals surface area contributed by atoms with Crippen LogP contribution in [0.3, 0.4) is 0 Å². The molecule has 4 N–H and O–H groups in total. The minimum absolute atomic E-state index is 0.135. The quantitative estimate of drug-likeness (QED) is 0.667. The van der Waals surface area contributed by atoms with Crippen LogP contribution in [-0.2, 0) is 6.54 Å². The zero-order valence-corrected chi connectivity index (χ0v) is 13.1. The zero-order valence-electron chi connectivity index (χ0n) is 13.1. The van der Waals surface area contributed by atoms with Crippen LogP contribution in [0.5, 0.6) is 0 Å². The number of nitrogens with one attached hydrogen (secondary N) is 2. The van der Waals surface area contributed by atoms with Gasteiger partial charge in [0.05, 0.1) is 6.54 Å². The second kappa shape index (κ2) is 6.91. The molecule has 0 aliphatic carbocycles. The van der Waals surface area contributed by atoms with E-state index in [0.29, 0.717) is 18.3 Å². The first kappa shape index (κ1) is 15.7. The van der Waals surface area contributed by atoms with E-state index in [-0.39, 0.29) is 11.8 Å². The average molecular weight is 324 g/mol. The number of hydrogen-bond donors (Lipinski definition) is 3. The Labute approximate surface area is 139 Å². The van der Waals surface area contributed by atoms with Crippen LogP contribution in [0.4, 0.5) is 27.7 Å². The van der Waals surface area contributed by atoms with E-state index in [1.165, 1.54) is 17.7 Å². The smallest absolute Gasteiger partial charge is 0.232 e. The minimum atomic E-state index is -0.283. The molecular weight excluding hydrogens is 307 g/mol. The standard InChI is InChI=1S/C17H17FN6/c1-11-2-6-14(7-3-11)21-17-23-15(22-16(19)24-17)10-20-13-8-4-12(18)5-9-13/h2-9,20H,10H2,1H3,(H3,19,21,22,23,24). The van der Waals surface area contributed by atoms with E-state index in [9.17, 15) is 4.39 Å². The van der Waals surface area contributed by atoms with Gasteiger partial charge in [0.15, 0.2) is 5.82 Å². The molecule has 0 saturated heterocycles. The van der Waals surface area contributed by atoms with E-state index >= 15 is 0 Å². The second-order valence-corrected chi connectivity index (χ2v) is 5.28. The summed E-state index contributed by atoms with van der Waals surface area (Å²) in [5.41, 5.74) is 8.54. The predicted octanol–water partition coefficient (Wildman–Crippen LogP) is 3.26. The van der Waals surface area contributed by atoms with Crippen LogP contribution in [0.1, 0.15) is 11.4 Å². The Balaban J connectivity index is 1.71. The molecule has 0 amide bonds. The molecule has 0 fully saturated rings. The summed E-state index contributed by atoms with van der Waals surface area (Å²) in [6.45, 7) is 2.37. The predicted molar refractivity (Wildman–Crippen MR) is 92.4 cm³/mol. The summed E-state index contributed by atoms with van der Waals surface area (Å²) in [7, 11) is 0. The molecule has 0 radical (unpaired) electrons. The summed E-state index contributed by atoms with van der Waals surface area (Å²) >= 11 is 0. The molecule has 7 heteroatoms. The van der Waals surface area contributed by atoms with Gasteiger partial charge in [-0.05, 0) is 43.3 Å². The monoisotopic (exact) mass is 324 g/mol. The van der Waals surface area contributed by atoms with Crippen molar-refractivity contribution in [3.8, 4) is 0 Å². The lowest BCUT2D eigenvalue weighted by Crippen LogP contribution is -2.10. The van der Waals surface area contributed by atoms with E-state index in [2.05, 4.69) is 25.6 Å². The highest BCUT2D eigenvalue weighted by Gasteiger charge is 2.05. The van der Waals surface area contributed by atoms with Gasteiger partial charge in [-0.3, -0.25) is 0 Å². The van der Waals surface area contributed by atoms with Crippen molar-refractivity contribution in [2.24, 2.45) is 0 Å². The fraction of sp³-hybridized carbons (Fsp3) is 0.118. The number of aromatic nitrogens is 3. The van der Waals surface area contributed by atoms with Crippen LogP contribution in [0.15, 0.2) is 48.5 Å².